The predicted octanol–water partition coefficient (Wildman–Crippen LogP) is 2.03. The molecule has 2 unspecified atom stereocenters. The van der Waals surface area contributed by atoms with Crippen molar-refractivity contribution in [2.75, 3.05) is 0 Å². The van der Waals surface area contributed by atoms with E-state index in [-0.39, 0.29) is 5.63 Å². The van der Waals surface area contributed by atoms with Gasteiger partial charge in [-0.3, -0.25) is 9.59 Å². The van der Waals surface area contributed by atoms with Crippen molar-refractivity contribution >= 4 is 22.8 Å². The second kappa shape index (κ2) is 7.19. The number of hydrogen-bond acceptors (Lipinski definition) is 5. The minimum Gasteiger partial charge on any atom is -0.481 e. The highest BCUT2D eigenvalue weighted by molar-refractivity contribution is 5.86. The Morgan fingerprint density at radius 2 is 1.88 bits per heavy atom. The summed E-state index contributed by atoms with van der Waals surface area (Å²) in [5.41, 5.74) is 1.91. The summed E-state index contributed by atoms with van der Waals surface area (Å²) in [4.78, 5) is 35.0. The third-order valence-electron chi connectivity index (χ3n) is 4.61. The lowest BCUT2D eigenvalue weighted by atomic mass is 9.91. The molecule has 1 amide bonds. The van der Waals surface area contributed by atoms with Crippen LogP contribution in [0.2, 0.25) is 0 Å². The molecule has 0 aliphatic heterocycles. The van der Waals surface area contributed by atoms with Crippen LogP contribution < -0.4 is 15.7 Å². The number of nitrogens with one attached hydrogen (secondary N) is 1. The van der Waals surface area contributed by atoms with Gasteiger partial charge in [-0.25, -0.2) is 4.79 Å². The SMILES string of the molecule is CC(NC(=O)C(C)Oc1ccc2c3c(c(=O)oc2c1)CCCC3)C(=O)O. The number of carboxylic acids is 1. The Morgan fingerprint density at radius 3 is 2.58 bits per heavy atom. The number of carbonyl (C=O) groups is 2. The number of fused-ring (bicyclic) bond motifs is 3. The van der Waals surface area contributed by atoms with Crippen LogP contribution >= 0.6 is 0 Å². The van der Waals surface area contributed by atoms with Gasteiger partial charge < -0.3 is 19.6 Å². The van der Waals surface area contributed by atoms with E-state index in [4.69, 9.17) is 14.3 Å². The van der Waals surface area contributed by atoms with Crippen molar-refractivity contribution in [3.63, 3.8) is 0 Å². The molecule has 1 heterocycles. The second-order valence-electron chi connectivity index (χ2n) is 6.54. The van der Waals surface area contributed by atoms with Gasteiger partial charge in [-0.1, -0.05) is 0 Å². The maximum absolute atomic E-state index is 12.2. The van der Waals surface area contributed by atoms with Crippen molar-refractivity contribution in [3.8, 4) is 5.75 Å². The van der Waals surface area contributed by atoms with Gasteiger partial charge in [0.2, 0.25) is 0 Å². The van der Waals surface area contributed by atoms with Crippen molar-refractivity contribution in [3.05, 3.63) is 39.7 Å². The summed E-state index contributed by atoms with van der Waals surface area (Å²) >= 11 is 0. The van der Waals surface area contributed by atoms with Crippen molar-refractivity contribution in [1.82, 2.24) is 5.32 Å². The van der Waals surface area contributed by atoms with Crippen LogP contribution in [0.15, 0.2) is 27.4 Å². The molecular weight excluding hydrogens is 338 g/mol. The number of hydrogen-bond donors (Lipinski definition) is 2. The lowest BCUT2D eigenvalue weighted by Crippen LogP contribution is -2.44. The minimum absolute atomic E-state index is 0.314. The van der Waals surface area contributed by atoms with Gasteiger partial charge >= 0.3 is 11.6 Å². The zero-order chi connectivity index (χ0) is 18.8. The fourth-order valence-corrected chi connectivity index (χ4v) is 3.15. The van der Waals surface area contributed by atoms with E-state index in [2.05, 4.69) is 5.32 Å². The molecule has 0 saturated heterocycles. The van der Waals surface area contributed by atoms with Gasteiger partial charge in [0.15, 0.2) is 6.10 Å². The van der Waals surface area contributed by atoms with Crippen LogP contribution in [0.5, 0.6) is 5.75 Å². The van der Waals surface area contributed by atoms with Gasteiger partial charge in [0.25, 0.3) is 5.91 Å². The second-order valence-corrected chi connectivity index (χ2v) is 6.54. The van der Waals surface area contributed by atoms with Gasteiger partial charge in [-0.15, -0.1) is 0 Å². The summed E-state index contributed by atoms with van der Waals surface area (Å²) in [6.07, 6.45) is 2.74. The molecule has 0 radical (unpaired) electrons. The topological polar surface area (TPSA) is 106 Å². The number of carbonyl (C=O) groups excluding carboxylic acids is 1. The van der Waals surface area contributed by atoms with Crippen LogP contribution in [0.1, 0.15) is 37.8 Å². The summed E-state index contributed by atoms with van der Waals surface area (Å²) in [5.74, 6) is -1.28. The Balaban J connectivity index is 1.82. The summed E-state index contributed by atoms with van der Waals surface area (Å²) in [6, 6.07) is 4.15. The highest BCUT2D eigenvalue weighted by atomic mass is 16.5. The Bertz CT molecular complexity index is 916. The Labute approximate surface area is 150 Å². The third-order valence-corrected chi connectivity index (χ3v) is 4.61. The summed E-state index contributed by atoms with van der Waals surface area (Å²) in [6.45, 7) is 2.90. The molecule has 0 saturated carbocycles. The quantitative estimate of drug-likeness (QED) is 0.791. The van der Waals surface area contributed by atoms with Crippen molar-refractivity contribution < 1.29 is 23.8 Å². The summed E-state index contributed by atoms with van der Waals surface area (Å²) < 4.78 is 11.0. The van der Waals surface area contributed by atoms with Crippen molar-refractivity contribution in [1.29, 1.82) is 0 Å². The first-order valence-electron chi connectivity index (χ1n) is 8.65. The number of benzene rings is 1. The smallest absolute Gasteiger partial charge is 0.339 e. The van der Waals surface area contributed by atoms with Gasteiger partial charge in [-0.2, -0.15) is 0 Å². The van der Waals surface area contributed by atoms with E-state index in [9.17, 15) is 14.4 Å². The van der Waals surface area contributed by atoms with Gasteiger partial charge in [0.05, 0.1) is 0 Å². The molecule has 138 valence electrons. The lowest BCUT2D eigenvalue weighted by Gasteiger charge is -2.18. The summed E-state index contributed by atoms with van der Waals surface area (Å²) in [5, 5.41) is 12.1. The first-order chi connectivity index (χ1) is 12.4. The lowest BCUT2D eigenvalue weighted by molar-refractivity contribution is -0.142. The molecule has 0 bridgehead atoms. The maximum Gasteiger partial charge on any atom is 0.339 e. The van der Waals surface area contributed by atoms with E-state index in [1.165, 1.54) is 13.8 Å². The summed E-state index contributed by atoms with van der Waals surface area (Å²) in [7, 11) is 0. The molecule has 2 N–H and O–H groups in total. The molecule has 1 aliphatic rings. The first-order valence-corrected chi connectivity index (χ1v) is 8.65. The van der Waals surface area contributed by atoms with Crippen molar-refractivity contribution in [2.24, 2.45) is 0 Å². The zero-order valence-electron chi connectivity index (χ0n) is 14.7. The minimum atomic E-state index is -1.12. The predicted molar refractivity (Wildman–Crippen MR) is 94.5 cm³/mol. The van der Waals surface area contributed by atoms with Crippen LogP contribution in [0.4, 0.5) is 0 Å². The average Bonchev–Trinajstić information content (AvgIpc) is 2.61. The van der Waals surface area contributed by atoms with Crippen LogP contribution in [0.25, 0.3) is 11.0 Å². The molecular formula is C19H21NO6. The Morgan fingerprint density at radius 1 is 1.19 bits per heavy atom. The third kappa shape index (κ3) is 3.56. The Kier molecular flexibility index (Phi) is 4.97. The van der Waals surface area contributed by atoms with E-state index in [1.807, 2.05) is 6.07 Å². The molecule has 3 rings (SSSR count). The largest absolute Gasteiger partial charge is 0.481 e. The normalized spacial score (nSPS) is 15.8. The zero-order valence-corrected chi connectivity index (χ0v) is 14.7. The molecule has 7 nitrogen and oxygen atoms in total. The molecule has 1 aromatic heterocycles. The van der Waals surface area contributed by atoms with Gasteiger partial charge in [0.1, 0.15) is 17.4 Å². The molecule has 7 heteroatoms. The molecule has 26 heavy (non-hydrogen) atoms. The van der Waals surface area contributed by atoms with Crippen molar-refractivity contribution in [2.45, 2.75) is 51.7 Å². The number of aryl methyl sites for hydroxylation is 1. The highest BCUT2D eigenvalue weighted by Gasteiger charge is 2.21. The molecule has 1 aromatic carbocycles. The van der Waals surface area contributed by atoms with E-state index in [0.29, 0.717) is 11.3 Å². The number of ether oxygens (including phenoxy) is 1. The van der Waals surface area contributed by atoms with E-state index < -0.39 is 24.0 Å². The van der Waals surface area contributed by atoms with Crippen LogP contribution in [0, 0.1) is 0 Å². The Hall–Kier alpha value is -2.83. The van der Waals surface area contributed by atoms with E-state index >= 15 is 0 Å². The van der Waals surface area contributed by atoms with E-state index in [1.54, 1.807) is 12.1 Å². The van der Waals surface area contributed by atoms with Gasteiger partial charge in [0, 0.05) is 17.0 Å². The fourth-order valence-electron chi connectivity index (χ4n) is 3.15. The molecule has 0 spiro atoms. The molecule has 2 atom stereocenters. The van der Waals surface area contributed by atoms with Gasteiger partial charge in [-0.05, 0) is 57.2 Å². The molecule has 0 fully saturated rings. The maximum atomic E-state index is 12.2. The van der Waals surface area contributed by atoms with E-state index in [0.717, 1.165) is 42.2 Å². The number of rotatable bonds is 5. The monoisotopic (exact) mass is 359 g/mol. The van der Waals surface area contributed by atoms with Crippen LogP contribution in [-0.2, 0) is 22.4 Å². The van der Waals surface area contributed by atoms with Crippen LogP contribution in [-0.4, -0.2) is 29.1 Å². The first kappa shape index (κ1) is 18.0. The molecule has 1 aliphatic carbocycles. The fraction of sp³-hybridized carbons (Fsp3) is 0.421. The standard InChI is InChI=1S/C19H21NO6/c1-10(18(22)23)20-17(21)11(2)25-12-7-8-14-13-5-3-4-6-15(13)19(24)26-16(14)9-12/h7-11H,3-6H2,1-2H3,(H,20,21)(H,22,23). The van der Waals surface area contributed by atoms with Crippen LogP contribution in [0.3, 0.4) is 0 Å². The molecule has 2 aromatic rings. The average molecular weight is 359 g/mol. The highest BCUT2D eigenvalue weighted by Crippen LogP contribution is 2.29. The number of carboxylic acid groups (broad SMARTS) is 1. The number of amides is 1. The number of aliphatic carboxylic acids is 1.